The van der Waals surface area contributed by atoms with Crippen molar-refractivity contribution >= 4 is 47.2 Å². The summed E-state index contributed by atoms with van der Waals surface area (Å²) in [5, 5.41) is 2.24. The summed E-state index contributed by atoms with van der Waals surface area (Å²) in [5.41, 5.74) is 0. The van der Waals surface area contributed by atoms with Gasteiger partial charge in [-0.05, 0) is 54.8 Å². The lowest BCUT2D eigenvalue weighted by Crippen LogP contribution is -2.02. The van der Waals surface area contributed by atoms with E-state index in [2.05, 4.69) is 23.1 Å². The van der Waals surface area contributed by atoms with Gasteiger partial charge >= 0.3 is 11.9 Å². The molecule has 32 heavy (non-hydrogen) atoms. The smallest absolute Gasteiger partial charge is 0.335 e. The van der Waals surface area contributed by atoms with E-state index in [-0.39, 0.29) is 0 Å². The molecule has 3 rings (SSSR count). The zero-order valence-corrected chi connectivity index (χ0v) is 19.5. The summed E-state index contributed by atoms with van der Waals surface area (Å²) < 4.78 is 10.2. The number of thioether (sulfide) groups is 1. The van der Waals surface area contributed by atoms with Gasteiger partial charge in [-0.15, -0.1) is 0 Å². The lowest BCUT2D eigenvalue weighted by molar-refractivity contribution is -0.129. The van der Waals surface area contributed by atoms with Crippen molar-refractivity contribution in [1.29, 1.82) is 0 Å². The highest BCUT2D eigenvalue weighted by Gasteiger charge is 2.09. The van der Waals surface area contributed by atoms with Crippen molar-refractivity contribution in [3.8, 4) is 11.5 Å². The van der Waals surface area contributed by atoms with Gasteiger partial charge in [0.25, 0.3) is 0 Å². The van der Waals surface area contributed by atoms with Gasteiger partial charge in [0.1, 0.15) is 21.6 Å². The Hall–Kier alpha value is -3.01. The summed E-state index contributed by atoms with van der Waals surface area (Å²) in [6.45, 7) is 6.77. The zero-order valence-electron chi connectivity index (χ0n) is 17.0. The van der Waals surface area contributed by atoms with Crippen LogP contribution in [-0.4, -0.2) is 28.2 Å². The molecule has 1 heterocycles. The van der Waals surface area contributed by atoms with Crippen LogP contribution >= 0.6 is 35.3 Å². The van der Waals surface area contributed by atoms with E-state index in [9.17, 15) is 9.59 Å². The third-order valence-corrected chi connectivity index (χ3v) is 6.10. The molecule has 0 unspecified atom stereocenters. The van der Waals surface area contributed by atoms with Crippen molar-refractivity contribution in [2.24, 2.45) is 0 Å². The van der Waals surface area contributed by atoms with Crippen molar-refractivity contribution in [3.63, 3.8) is 0 Å². The molecule has 0 aliphatic rings. The highest BCUT2D eigenvalue weighted by molar-refractivity contribution is 8.00. The maximum Gasteiger partial charge on any atom is 0.335 e. The van der Waals surface area contributed by atoms with Crippen LogP contribution in [0.3, 0.4) is 0 Å². The molecule has 162 valence electrons. The van der Waals surface area contributed by atoms with E-state index in [0.717, 1.165) is 32.0 Å². The second-order valence-electron chi connectivity index (χ2n) is 5.93. The minimum Gasteiger partial charge on any atom is -0.423 e. The summed E-state index contributed by atoms with van der Waals surface area (Å²) in [6, 6.07) is 16.2. The van der Waals surface area contributed by atoms with Crippen LogP contribution in [0.1, 0.15) is 0 Å². The first-order valence-corrected chi connectivity index (χ1v) is 12.0. The van der Waals surface area contributed by atoms with Gasteiger partial charge in [-0.3, -0.25) is 0 Å². The average molecular weight is 483 g/mol. The van der Waals surface area contributed by atoms with Crippen LogP contribution in [0.5, 0.6) is 11.5 Å². The molecule has 0 bridgehead atoms. The van der Waals surface area contributed by atoms with Crippen molar-refractivity contribution in [2.75, 3.05) is 6.26 Å². The van der Waals surface area contributed by atoms with E-state index in [1.807, 2.05) is 36.6 Å². The Bertz CT molecular complexity index is 1050. The topological polar surface area (TPSA) is 78.4 Å². The molecular weight excluding hydrogens is 464 g/mol. The van der Waals surface area contributed by atoms with Gasteiger partial charge in [0.2, 0.25) is 0 Å². The Labute approximate surface area is 198 Å². The molecule has 0 aliphatic heterocycles. The molecular formula is C23H18N2O4S3. The first-order chi connectivity index (χ1) is 15.5. The minimum atomic E-state index is -0.501. The van der Waals surface area contributed by atoms with Crippen LogP contribution in [-0.2, 0) is 9.59 Å². The summed E-state index contributed by atoms with van der Waals surface area (Å²) in [4.78, 5) is 33.6. The third-order valence-electron chi connectivity index (χ3n) is 3.70. The highest BCUT2D eigenvalue weighted by atomic mass is 32.2. The molecule has 9 heteroatoms. The molecule has 0 aliphatic carbocycles. The van der Waals surface area contributed by atoms with Gasteiger partial charge in [0.15, 0.2) is 5.16 Å². The molecule has 6 nitrogen and oxygen atoms in total. The molecule has 0 fully saturated rings. The van der Waals surface area contributed by atoms with Gasteiger partial charge in [0, 0.05) is 28.0 Å². The highest BCUT2D eigenvalue weighted by Crippen LogP contribution is 2.34. The molecule has 0 radical (unpaired) electrons. The predicted octanol–water partition coefficient (Wildman–Crippen LogP) is 5.68. The normalized spacial score (nSPS) is 10.3. The van der Waals surface area contributed by atoms with Crippen molar-refractivity contribution in [3.05, 3.63) is 79.9 Å². The van der Waals surface area contributed by atoms with E-state index < -0.39 is 11.9 Å². The molecule has 0 atom stereocenters. The summed E-state index contributed by atoms with van der Waals surface area (Å²) >= 11 is 4.42. The van der Waals surface area contributed by atoms with Crippen LogP contribution in [0, 0.1) is 0 Å². The Balaban J connectivity index is 1.72. The summed E-state index contributed by atoms with van der Waals surface area (Å²) in [5.74, 6) is -0.103. The second kappa shape index (κ2) is 11.6. The number of carbonyl (C=O) groups excluding carboxylic acids is 2. The number of benzene rings is 2. The fourth-order valence-corrected chi connectivity index (χ4v) is 4.49. The lowest BCUT2D eigenvalue weighted by atomic mass is 10.3. The quantitative estimate of drug-likeness (QED) is 0.0955. The van der Waals surface area contributed by atoms with Crippen LogP contribution in [0.4, 0.5) is 0 Å². The van der Waals surface area contributed by atoms with Gasteiger partial charge in [-0.1, -0.05) is 48.4 Å². The number of ether oxygens (including phenoxy) is 2. The number of aromatic nitrogens is 2. The van der Waals surface area contributed by atoms with E-state index in [1.54, 1.807) is 24.3 Å². The second-order valence-corrected chi connectivity index (χ2v) is 8.89. The van der Waals surface area contributed by atoms with E-state index in [1.165, 1.54) is 35.3 Å². The van der Waals surface area contributed by atoms with Crippen LogP contribution in [0.25, 0.3) is 0 Å². The lowest BCUT2D eigenvalue weighted by Gasteiger charge is -2.08. The molecule has 0 saturated heterocycles. The van der Waals surface area contributed by atoms with Gasteiger partial charge in [-0.2, -0.15) is 0 Å². The number of hydrogen-bond acceptors (Lipinski definition) is 9. The van der Waals surface area contributed by atoms with E-state index in [4.69, 9.17) is 9.47 Å². The van der Waals surface area contributed by atoms with E-state index in [0.29, 0.717) is 16.7 Å². The maximum absolute atomic E-state index is 11.3. The maximum atomic E-state index is 11.3. The monoisotopic (exact) mass is 482 g/mol. The van der Waals surface area contributed by atoms with Crippen molar-refractivity contribution < 1.29 is 19.1 Å². The third kappa shape index (κ3) is 7.01. The first-order valence-electron chi connectivity index (χ1n) is 9.16. The fraction of sp³-hybridized carbons (Fsp3) is 0.0435. The molecule has 0 saturated carbocycles. The number of esters is 2. The predicted molar refractivity (Wildman–Crippen MR) is 127 cm³/mol. The standard InChI is InChI=1S/C23H18N2O4S3/c1-4-21(26)28-15-6-10-17(11-7-15)31-19-14-20(25-23(24-19)30-3)32-18-12-8-16(9-13-18)29-22(27)5-2/h4-14H,1-2H2,3H3. The SMILES string of the molecule is C=CC(=O)Oc1ccc(Sc2cc(Sc3ccc(OC(=O)C=C)cc3)nc(SC)n2)cc1. The number of hydrogen-bond donors (Lipinski definition) is 0. The molecule has 0 spiro atoms. The van der Waals surface area contributed by atoms with Gasteiger partial charge < -0.3 is 9.47 Å². The Morgan fingerprint density at radius 1 is 0.781 bits per heavy atom. The summed E-state index contributed by atoms with van der Waals surface area (Å²) in [6.07, 6.45) is 4.16. The Morgan fingerprint density at radius 2 is 1.19 bits per heavy atom. The van der Waals surface area contributed by atoms with Crippen molar-refractivity contribution in [2.45, 2.75) is 25.0 Å². The van der Waals surface area contributed by atoms with Crippen LogP contribution in [0.2, 0.25) is 0 Å². The van der Waals surface area contributed by atoms with E-state index >= 15 is 0 Å². The minimum absolute atomic E-state index is 0.449. The largest absolute Gasteiger partial charge is 0.423 e. The first kappa shape index (κ1) is 23.6. The van der Waals surface area contributed by atoms with Crippen LogP contribution < -0.4 is 9.47 Å². The van der Waals surface area contributed by atoms with Gasteiger partial charge in [-0.25, -0.2) is 19.6 Å². The Morgan fingerprint density at radius 3 is 1.53 bits per heavy atom. The molecule has 1 aromatic heterocycles. The Kier molecular flexibility index (Phi) is 8.55. The number of nitrogens with zero attached hydrogens (tertiary/aromatic N) is 2. The van der Waals surface area contributed by atoms with Crippen LogP contribution in [0.15, 0.2) is 105 Å². The zero-order chi connectivity index (χ0) is 22.9. The fourth-order valence-electron chi connectivity index (χ4n) is 2.29. The number of rotatable bonds is 9. The van der Waals surface area contributed by atoms with Gasteiger partial charge in [0.05, 0.1) is 0 Å². The molecule has 0 amide bonds. The molecule has 0 N–H and O–H groups in total. The molecule has 2 aromatic carbocycles. The average Bonchev–Trinajstić information content (AvgIpc) is 2.81. The number of carbonyl (C=O) groups is 2. The van der Waals surface area contributed by atoms with Crippen molar-refractivity contribution in [1.82, 2.24) is 9.97 Å². The summed E-state index contributed by atoms with van der Waals surface area (Å²) in [7, 11) is 0. The molecule has 3 aromatic rings.